The van der Waals surface area contributed by atoms with Gasteiger partial charge in [-0.05, 0) is 94.8 Å². The third-order valence-corrected chi connectivity index (χ3v) is 7.95. The first-order valence-electron chi connectivity index (χ1n) is 14.0. The van der Waals surface area contributed by atoms with Gasteiger partial charge in [-0.25, -0.2) is 0 Å². The van der Waals surface area contributed by atoms with Crippen molar-refractivity contribution in [3.8, 4) is 0 Å². The van der Waals surface area contributed by atoms with Gasteiger partial charge in [0, 0.05) is 0 Å². The zero-order valence-corrected chi connectivity index (χ0v) is 23.1. The van der Waals surface area contributed by atoms with E-state index in [1.165, 1.54) is 37.7 Å². The van der Waals surface area contributed by atoms with Crippen molar-refractivity contribution in [3.63, 3.8) is 0 Å². The molecule has 5 unspecified atom stereocenters. The molecule has 0 amide bonds. The minimum atomic E-state index is -0.655. The molecule has 2 fully saturated rings. The van der Waals surface area contributed by atoms with Crippen molar-refractivity contribution in [3.05, 3.63) is 60.3 Å². The summed E-state index contributed by atoms with van der Waals surface area (Å²) in [6.07, 6.45) is 25.5. The van der Waals surface area contributed by atoms with Crippen LogP contribution in [0.2, 0.25) is 0 Å². The fraction of sp³-hybridized carbons (Fsp3) is 0.688. The van der Waals surface area contributed by atoms with E-state index in [4.69, 9.17) is 0 Å². The fourth-order valence-corrected chi connectivity index (χ4v) is 5.62. The van der Waals surface area contributed by atoms with Gasteiger partial charge in [-0.1, -0.05) is 88.3 Å². The highest BCUT2D eigenvalue weighted by Crippen LogP contribution is 2.49. The number of hydrogen-bond acceptors (Lipinski definition) is 2. The Morgan fingerprint density at radius 3 is 2.50 bits per heavy atom. The van der Waals surface area contributed by atoms with Gasteiger partial charge >= 0.3 is 0 Å². The Labute approximate surface area is 211 Å². The zero-order valence-electron chi connectivity index (χ0n) is 23.1. The average molecular weight is 471 g/mol. The molecule has 2 aliphatic carbocycles. The van der Waals surface area contributed by atoms with Crippen molar-refractivity contribution >= 4 is 0 Å². The SMILES string of the molecule is C=CC(C)CC(O)C/C(C)=C/C=C1\CCCC2C(C/C=C/C=C/C(O)(CC)CC)CCC12.CC. The smallest absolute Gasteiger partial charge is 0.0825 e. The molecule has 0 aromatic heterocycles. The standard InChI is InChI=1S/C30H48O2.C2H6/c1-6-23(4)21-27(31)22-24(5)16-17-26-14-12-15-28-25(18-19-29(26)28)13-10-9-11-20-30(32,7-2)8-3;1-2/h6,9-11,16-17,20,23,25,27-29,31-32H,1,7-8,12-15,18-19,21-22H2,2-5H3;1-2H3/b10-9+,20-11+,24-16+,26-17+;. The lowest BCUT2D eigenvalue weighted by atomic mass is 9.74. The summed E-state index contributed by atoms with van der Waals surface area (Å²) in [5.74, 6) is 2.72. The largest absolute Gasteiger partial charge is 0.393 e. The molecule has 2 saturated carbocycles. The topological polar surface area (TPSA) is 40.5 Å². The Balaban J connectivity index is 0.00000281. The summed E-state index contributed by atoms with van der Waals surface area (Å²) in [5.41, 5.74) is 2.25. The molecule has 0 aromatic rings. The van der Waals surface area contributed by atoms with Gasteiger partial charge in [0.1, 0.15) is 0 Å². The van der Waals surface area contributed by atoms with Crippen molar-refractivity contribution < 1.29 is 10.2 Å². The molecule has 0 bridgehead atoms. The molecule has 2 aliphatic rings. The Kier molecular flexibility index (Phi) is 14.7. The van der Waals surface area contributed by atoms with E-state index >= 15 is 0 Å². The van der Waals surface area contributed by atoms with Gasteiger partial charge in [0.15, 0.2) is 0 Å². The Morgan fingerprint density at radius 1 is 1.15 bits per heavy atom. The van der Waals surface area contributed by atoms with Crippen LogP contribution in [0.1, 0.15) is 106 Å². The Morgan fingerprint density at radius 2 is 1.85 bits per heavy atom. The second-order valence-corrected chi connectivity index (χ2v) is 10.4. The number of aliphatic hydroxyl groups excluding tert-OH is 1. The first-order valence-corrected chi connectivity index (χ1v) is 14.0. The quantitative estimate of drug-likeness (QED) is 0.221. The van der Waals surface area contributed by atoms with E-state index in [9.17, 15) is 10.2 Å². The Hall–Kier alpha value is -1.38. The van der Waals surface area contributed by atoms with Crippen LogP contribution < -0.4 is 0 Å². The molecule has 0 saturated heterocycles. The normalized spacial score (nSPS) is 26.4. The number of fused-ring (bicyclic) bond motifs is 1. The molecule has 5 atom stereocenters. The van der Waals surface area contributed by atoms with Crippen LogP contribution in [-0.2, 0) is 0 Å². The van der Waals surface area contributed by atoms with E-state index in [0.29, 0.717) is 5.92 Å². The molecule has 2 nitrogen and oxygen atoms in total. The minimum Gasteiger partial charge on any atom is -0.393 e. The third-order valence-electron chi connectivity index (χ3n) is 7.95. The first-order chi connectivity index (χ1) is 16.3. The summed E-state index contributed by atoms with van der Waals surface area (Å²) in [5, 5.41) is 20.7. The van der Waals surface area contributed by atoms with E-state index in [2.05, 4.69) is 44.7 Å². The molecule has 0 heterocycles. The number of hydrogen-bond donors (Lipinski definition) is 2. The van der Waals surface area contributed by atoms with E-state index in [0.717, 1.165) is 49.9 Å². The maximum Gasteiger partial charge on any atom is 0.0825 e. The third kappa shape index (κ3) is 10.1. The van der Waals surface area contributed by atoms with Gasteiger partial charge in [-0.3, -0.25) is 0 Å². The lowest BCUT2D eigenvalue weighted by molar-refractivity contribution is 0.0828. The molecule has 194 valence electrons. The molecule has 2 rings (SSSR count). The van der Waals surface area contributed by atoms with Gasteiger partial charge in [0.2, 0.25) is 0 Å². The van der Waals surface area contributed by atoms with E-state index in [1.807, 2.05) is 45.9 Å². The molecular formula is C32H54O2. The predicted molar refractivity (Wildman–Crippen MR) is 150 cm³/mol. The number of aliphatic hydroxyl groups is 2. The monoisotopic (exact) mass is 470 g/mol. The van der Waals surface area contributed by atoms with Crippen LogP contribution in [0, 0.1) is 23.7 Å². The molecule has 2 heteroatoms. The van der Waals surface area contributed by atoms with E-state index in [1.54, 1.807) is 5.57 Å². The first kappa shape index (κ1) is 30.7. The maximum atomic E-state index is 10.4. The lowest BCUT2D eigenvalue weighted by Crippen LogP contribution is -2.22. The molecule has 2 N–H and O–H groups in total. The predicted octanol–water partition coefficient (Wildman–Crippen LogP) is 8.73. The number of allylic oxidation sites excluding steroid dienone is 7. The molecule has 0 radical (unpaired) electrons. The van der Waals surface area contributed by atoms with Crippen molar-refractivity contribution in [1.82, 2.24) is 0 Å². The van der Waals surface area contributed by atoms with Crippen LogP contribution in [0.15, 0.2) is 60.3 Å². The zero-order chi connectivity index (χ0) is 25.6. The van der Waals surface area contributed by atoms with Crippen molar-refractivity contribution in [2.24, 2.45) is 23.7 Å². The second kappa shape index (κ2) is 16.3. The summed E-state index contributed by atoms with van der Waals surface area (Å²) in [6.45, 7) is 16.1. The van der Waals surface area contributed by atoms with E-state index in [-0.39, 0.29) is 6.10 Å². The van der Waals surface area contributed by atoms with Gasteiger partial charge in [0.05, 0.1) is 11.7 Å². The van der Waals surface area contributed by atoms with Crippen molar-refractivity contribution in [2.45, 2.75) is 117 Å². The molecule has 0 spiro atoms. The molecular weight excluding hydrogens is 416 g/mol. The van der Waals surface area contributed by atoms with Crippen LogP contribution >= 0.6 is 0 Å². The van der Waals surface area contributed by atoms with Crippen LogP contribution in [0.5, 0.6) is 0 Å². The second-order valence-electron chi connectivity index (χ2n) is 10.4. The molecule has 34 heavy (non-hydrogen) atoms. The molecule has 0 aliphatic heterocycles. The highest BCUT2D eigenvalue weighted by Gasteiger charge is 2.38. The van der Waals surface area contributed by atoms with Crippen LogP contribution in [0.25, 0.3) is 0 Å². The number of rotatable bonds is 12. The van der Waals surface area contributed by atoms with Gasteiger partial charge < -0.3 is 10.2 Å². The van der Waals surface area contributed by atoms with Gasteiger partial charge in [0.25, 0.3) is 0 Å². The highest BCUT2D eigenvalue weighted by molar-refractivity contribution is 5.23. The highest BCUT2D eigenvalue weighted by atomic mass is 16.3. The summed E-state index contributed by atoms with van der Waals surface area (Å²) in [6, 6.07) is 0. The maximum absolute atomic E-state index is 10.4. The average Bonchev–Trinajstić information content (AvgIpc) is 3.27. The minimum absolute atomic E-state index is 0.279. The van der Waals surface area contributed by atoms with Crippen molar-refractivity contribution in [2.75, 3.05) is 0 Å². The van der Waals surface area contributed by atoms with E-state index < -0.39 is 5.60 Å². The van der Waals surface area contributed by atoms with Gasteiger partial charge in [-0.15, -0.1) is 6.58 Å². The fourth-order valence-electron chi connectivity index (χ4n) is 5.62. The van der Waals surface area contributed by atoms with Crippen molar-refractivity contribution in [1.29, 1.82) is 0 Å². The van der Waals surface area contributed by atoms with Gasteiger partial charge in [-0.2, -0.15) is 0 Å². The summed E-state index contributed by atoms with van der Waals surface area (Å²) >= 11 is 0. The van der Waals surface area contributed by atoms with Crippen LogP contribution in [-0.4, -0.2) is 21.9 Å². The van der Waals surface area contributed by atoms with Crippen LogP contribution in [0.4, 0.5) is 0 Å². The summed E-state index contributed by atoms with van der Waals surface area (Å²) in [7, 11) is 0. The Bertz CT molecular complexity index is 692. The summed E-state index contributed by atoms with van der Waals surface area (Å²) in [4.78, 5) is 0. The summed E-state index contributed by atoms with van der Waals surface area (Å²) < 4.78 is 0. The molecule has 0 aromatic carbocycles. The van der Waals surface area contributed by atoms with Crippen LogP contribution in [0.3, 0.4) is 0 Å². The lowest BCUT2D eigenvalue weighted by Gasteiger charge is -2.31.